The van der Waals surface area contributed by atoms with Gasteiger partial charge >= 0.3 is 0 Å². The van der Waals surface area contributed by atoms with E-state index in [2.05, 4.69) is 20.6 Å². The number of anilines is 1. The van der Waals surface area contributed by atoms with Gasteiger partial charge in [-0.3, -0.25) is 10.1 Å². The zero-order chi connectivity index (χ0) is 20.7. The molecule has 0 unspecified atom stereocenters. The molecule has 0 fully saturated rings. The number of hydrogen-bond acceptors (Lipinski definition) is 7. The SMILES string of the molecule is CCc1nnc(NC(=O)c2cc(-c3cc(C)oc3C)nc3c2cnn3C(C)C)s1. The Labute approximate surface area is 172 Å². The van der Waals surface area contributed by atoms with Crippen molar-refractivity contribution in [1.29, 1.82) is 0 Å². The molecule has 4 heterocycles. The van der Waals surface area contributed by atoms with Crippen LogP contribution < -0.4 is 5.32 Å². The lowest BCUT2D eigenvalue weighted by Crippen LogP contribution is -2.13. The fourth-order valence-corrected chi connectivity index (χ4v) is 3.89. The summed E-state index contributed by atoms with van der Waals surface area (Å²) in [7, 11) is 0. The smallest absolute Gasteiger partial charge is 0.258 e. The predicted molar refractivity (Wildman–Crippen MR) is 112 cm³/mol. The summed E-state index contributed by atoms with van der Waals surface area (Å²) in [6.07, 6.45) is 2.46. The van der Waals surface area contributed by atoms with E-state index in [0.717, 1.165) is 28.5 Å². The molecule has 9 heteroatoms. The molecule has 150 valence electrons. The number of furan rings is 1. The average Bonchev–Trinajstić information content (AvgIpc) is 3.38. The van der Waals surface area contributed by atoms with Crippen LogP contribution in [0.25, 0.3) is 22.3 Å². The fourth-order valence-electron chi connectivity index (χ4n) is 3.22. The highest BCUT2D eigenvalue weighted by Gasteiger charge is 2.21. The molecule has 0 aromatic carbocycles. The van der Waals surface area contributed by atoms with Crippen molar-refractivity contribution in [2.24, 2.45) is 0 Å². The Morgan fingerprint density at radius 2 is 2.07 bits per heavy atom. The Hall–Kier alpha value is -3.07. The first-order valence-electron chi connectivity index (χ1n) is 9.46. The van der Waals surface area contributed by atoms with Gasteiger partial charge in [-0.25, -0.2) is 9.67 Å². The summed E-state index contributed by atoms with van der Waals surface area (Å²) in [6, 6.07) is 3.82. The number of amides is 1. The first-order chi connectivity index (χ1) is 13.9. The van der Waals surface area contributed by atoms with E-state index in [9.17, 15) is 4.79 Å². The highest BCUT2D eigenvalue weighted by atomic mass is 32.1. The normalized spacial score (nSPS) is 11.5. The van der Waals surface area contributed by atoms with Crippen molar-refractivity contribution in [3.05, 3.63) is 40.4 Å². The topological polar surface area (TPSA) is 98.7 Å². The summed E-state index contributed by atoms with van der Waals surface area (Å²) in [5, 5.41) is 17.5. The molecule has 4 aromatic rings. The van der Waals surface area contributed by atoms with Crippen LogP contribution in [-0.2, 0) is 6.42 Å². The quantitative estimate of drug-likeness (QED) is 0.518. The number of aryl methyl sites for hydroxylation is 3. The number of hydrogen-bond donors (Lipinski definition) is 1. The van der Waals surface area contributed by atoms with Crippen LogP contribution in [0.2, 0.25) is 0 Å². The van der Waals surface area contributed by atoms with E-state index < -0.39 is 0 Å². The molecule has 0 bridgehead atoms. The number of nitrogens with zero attached hydrogens (tertiary/aromatic N) is 5. The van der Waals surface area contributed by atoms with Crippen LogP contribution in [0.3, 0.4) is 0 Å². The van der Waals surface area contributed by atoms with Crippen molar-refractivity contribution in [3.8, 4) is 11.3 Å². The van der Waals surface area contributed by atoms with Gasteiger partial charge in [0.25, 0.3) is 5.91 Å². The van der Waals surface area contributed by atoms with Gasteiger partial charge in [0.15, 0.2) is 5.65 Å². The van der Waals surface area contributed by atoms with Crippen molar-refractivity contribution >= 4 is 33.4 Å². The molecule has 0 atom stereocenters. The summed E-state index contributed by atoms with van der Waals surface area (Å²) >= 11 is 1.37. The Morgan fingerprint density at radius 3 is 2.69 bits per heavy atom. The van der Waals surface area contributed by atoms with Crippen LogP contribution in [-0.4, -0.2) is 30.9 Å². The molecular weight excluding hydrogens is 388 g/mol. The third kappa shape index (κ3) is 3.53. The van der Waals surface area contributed by atoms with Crippen LogP contribution in [0.15, 0.2) is 22.7 Å². The van der Waals surface area contributed by atoms with Crippen LogP contribution >= 0.6 is 11.3 Å². The lowest BCUT2D eigenvalue weighted by molar-refractivity contribution is 0.102. The minimum Gasteiger partial charge on any atom is -0.466 e. The number of fused-ring (bicyclic) bond motifs is 1. The number of nitrogens with one attached hydrogen (secondary N) is 1. The maximum atomic E-state index is 13.1. The molecule has 4 rings (SSSR count). The highest BCUT2D eigenvalue weighted by molar-refractivity contribution is 7.15. The fraction of sp³-hybridized carbons (Fsp3) is 0.350. The van der Waals surface area contributed by atoms with E-state index in [-0.39, 0.29) is 11.9 Å². The molecule has 0 aliphatic carbocycles. The van der Waals surface area contributed by atoms with Crippen molar-refractivity contribution in [2.45, 2.75) is 47.1 Å². The van der Waals surface area contributed by atoms with E-state index in [1.165, 1.54) is 11.3 Å². The second kappa shape index (κ2) is 7.40. The van der Waals surface area contributed by atoms with E-state index in [1.54, 1.807) is 12.3 Å². The summed E-state index contributed by atoms with van der Waals surface area (Å²) in [5.41, 5.74) is 2.68. The van der Waals surface area contributed by atoms with E-state index in [1.807, 2.05) is 45.4 Å². The lowest BCUT2D eigenvalue weighted by atomic mass is 10.1. The van der Waals surface area contributed by atoms with Gasteiger partial charge in [0, 0.05) is 11.6 Å². The summed E-state index contributed by atoms with van der Waals surface area (Å²) in [6.45, 7) is 9.84. The largest absolute Gasteiger partial charge is 0.466 e. The van der Waals surface area contributed by atoms with Gasteiger partial charge in [-0.2, -0.15) is 5.10 Å². The number of aromatic nitrogens is 5. The maximum Gasteiger partial charge on any atom is 0.258 e. The van der Waals surface area contributed by atoms with Crippen LogP contribution in [0.4, 0.5) is 5.13 Å². The molecule has 29 heavy (non-hydrogen) atoms. The highest BCUT2D eigenvalue weighted by Crippen LogP contribution is 2.30. The Balaban J connectivity index is 1.85. The second-order valence-corrected chi connectivity index (χ2v) is 8.17. The Bertz CT molecular complexity index is 1200. The van der Waals surface area contributed by atoms with Crippen LogP contribution in [0.5, 0.6) is 0 Å². The first kappa shape index (κ1) is 19.3. The first-order valence-corrected chi connectivity index (χ1v) is 10.3. The molecule has 0 saturated carbocycles. The van der Waals surface area contributed by atoms with E-state index in [4.69, 9.17) is 9.40 Å². The molecule has 0 spiro atoms. The molecule has 1 N–H and O–H groups in total. The number of carbonyl (C=O) groups is 1. The van der Waals surface area contributed by atoms with Crippen molar-refractivity contribution in [1.82, 2.24) is 25.0 Å². The van der Waals surface area contributed by atoms with Gasteiger partial charge < -0.3 is 4.42 Å². The maximum absolute atomic E-state index is 13.1. The van der Waals surface area contributed by atoms with Crippen molar-refractivity contribution in [3.63, 3.8) is 0 Å². The minimum absolute atomic E-state index is 0.105. The third-order valence-electron chi connectivity index (χ3n) is 4.61. The van der Waals surface area contributed by atoms with Gasteiger partial charge in [-0.1, -0.05) is 18.3 Å². The van der Waals surface area contributed by atoms with Gasteiger partial charge in [0.1, 0.15) is 16.5 Å². The van der Waals surface area contributed by atoms with E-state index >= 15 is 0 Å². The Morgan fingerprint density at radius 1 is 1.28 bits per heavy atom. The van der Waals surface area contributed by atoms with Crippen LogP contribution in [0.1, 0.15) is 53.7 Å². The van der Waals surface area contributed by atoms with Gasteiger partial charge in [0.2, 0.25) is 5.13 Å². The molecule has 4 aromatic heterocycles. The third-order valence-corrected chi connectivity index (χ3v) is 5.59. The van der Waals surface area contributed by atoms with E-state index in [0.29, 0.717) is 27.4 Å². The zero-order valence-electron chi connectivity index (χ0n) is 17.0. The van der Waals surface area contributed by atoms with Gasteiger partial charge in [-0.05, 0) is 46.2 Å². The molecule has 0 saturated heterocycles. The number of pyridine rings is 1. The molecule has 8 nitrogen and oxygen atoms in total. The average molecular weight is 411 g/mol. The Kier molecular flexibility index (Phi) is 4.91. The second-order valence-electron chi connectivity index (χ2n) is 7.11. The number of rotatable bonds is 5. The monoisotopic (exact) mass is 410 g/mol. The molecule has 0 aliphatic rings. The van der Waals surface area contributed by atoms with Gasteiger partial charge in [0.05, 0.1) is 22.8 Å². The summed E-state index contributed by atoms with van der Waals surface area (Å²) < 4.78 is 7.49. The zero-order valence-corrected chi connectivity index (χ0v) is 17.8. The van der Waals surface area contributed by atoms with Crippen LogP contribution in [0, 0.1) is 13.8 Å². The minimum atomic E-state index is -0.265. The molecular formula is C20H22N6O2S. The molecule has 0 aliphatic heterocycles. The molecule has 0 radical (unpaired) electrons. The number of carbonyl (C=O) groups excluding carboxylic acids is 1. The van der Waals surface area contributed by atoms with Crippen molar-refractivity contribution < 1.29 is 9.21 Å². The van der Waals surface area contributed by atoms with Gasteiger partial charge in [-0.15, -0.1) is 10.2 Å². The summed E-state index contributed by atoms with van der Waals surface area (Å²) in [4.78, 5) is 17.9. The standard InChI is InChI=1S/C20H22N6O2S/c1-6-17-24-25-20(29-17)23-19(27)14-8-16(13-7-11(4)28-12(13)5)22-18-15(14)9-21-26(18)10(2)3/h7-10H,6H2,1-5H3,(H,23,25,27). The molecule has 1 amide bonds. The summed E-state index contributed by atoms with van der Waals surface area (Å²) in [5.74, 6) is 1.29. The van der Waals surface area contributed by atoms with Crippen molar-refractivity contribution in [2.75, 3.05) is 5.32 Å². The predicted octanol–water partition coefficient (Wildman–Crippen LogP) is 4.56. The lowest BCUT2D eigenvalue weighted by Gasteiger charge is -2.10.